The van der Waals surface area contributed by atoms with E-state index in [0.717, 1.165) is 6.07 Å². The molecule has 0 aliphatic carbocycles. The molecular weight excluding hydrogens is 584 g/mol. The van der Waals surface area contributed by atoms with E-state index in [1.165, 1.54) is 24.3 Å². The van der Waals surface area contributed by atoms with Gasteiger partial charge in [-0.3, -0.25) is 9.11 Å². The predicted molar refractivity (Wildman–Crippen MR) is 152 cm³/mol. The van der Waals surface area contributed by atoms with E-state index in [2.05, 4.69) is 0 Å². The average Bonchev–Trinajstić information content (AvgIpc) is 2.93. The second-order valence-corrected chi connectivity index (χ2v) is 11.5. The van der Waals surface area contributed by atoms with Crippen LogP contribution in [-0.4, -0.2) is 25.9 Å². The van der Waals surface area contributed by atoms with Crippen LogP contribution in [0.25, 0.3) is 0 Å². The first kappa shape index (κ1) is 28.6. The third-order valence-corrected chi connectivity index (χ3v) is 7.34. The van der Waals surface area contributed by atoms with E-state index in [4.69, 9.17) is 18.9 Å². The molecule has 0 radical (unpaired) electrons. The minimum atomic E-state index is -5.03. The van der Waals surface area contributed by atoms with Crippen molar-refractivity contribution in [1.29, 1.82) is 0 Å². The van der Waals surface area contributed by atoms with Gasteiger partial charge in [0.05, 0.1) is 0 Å². The third kappa shape index (κ3) is 7.25. The number of ether oxygens (including phenoxy) is 4. The lowest BCUT2D eigenvalue weighted by Gasteiger charge is -2.16. The van der Waals surface area contributed by atoms with Crippen LogP contribution in [0.1, 0.15) is 0 Å². The first-order valence-corrected chi connectivity index (χ1v) is 15.1. The Morgan fingerprint density at radius 3 is 1.07 bits per heavy atom. The van der Waals surface area contributed by atoms with Gasteiger partial charge in [0.15, 0.2) is 11.5 Å². The molecule has 5 aromatic carbocycles. The molecule has 2 N–H and O–H groups in total. The minimum absolute atomic E-state index is 0.0946. The van der Waals surface area contributed by atoms with E-state index in [9.17, 15) is 25.9 Å². The highest BCUT2D eigenvalue weighted by atomic mass is 32.2. The molecule has 0 aromatic heterocycles. The molecule has 0 unspecified atom stereocenters. The van der Waals surface area contributed by atoms with Crippen molar-refractivity contribution in [3.8, 4) is 46.0 Å². The lowest BCUT2D eigenvalue weighted by molar-refractivity contribution is 0.423. The second-order valence-electron chi connectivity index (χ2n) is 8.68. The molecule has 0 saturated carbocycles. The second kappa shape index (κ2) is 11.9. The summed E-state index contributed by atoms with van der Waals surface area (Å²) in [6.07, 6.45) is 0. The van der Waals surface area contributed by atoms with Gasteiger partial charge in [0.1, 0.15) is 44.3 Å². The first-order chi connectivity index (χ1) is 20.0. The molecule has 0 fully saturated rings. The summed E-state index contributed by atoms with van der Waals surface area (Å²) in [5.41, 5.74) is 0. The summed E-state index contributed by atoms with van der Waals surface area (Å²) >= 11 is 0. The van der Waals surface area contributed by atoms with Gasteiger partial charge in [0.25, 0.3) is 20.2 Å². The molecule has 12 heteroatoms. The summed E-state index contributed by atoms with van der Waals surface area (Å²) in [5.74, 6) is 1.03. The number of hydrogen-bond donors (Lipinski definition) is 2. The fraction of sp³-hybridized carbons (Fsp3) is 0. The van der Waals surface area contributed by atoms with E-state index in [1.807, 2.05) is 12.1 Å². The van der Waals surface area contributed by atoms with Crippen molar-refractivity contribution in [3.05, 3.63) is 121 Å². The molecule has 10 nitrogen and oxygen atoms in total. The quantitative estimate of drug-likeness (QED) is 0.155. The number of para-hydroxylation sites is 2. The van der Waals surface area contributed by atoms with Crippen molar-refractivity contribution >= 4 is 20.2 Å². The number of hydrogen-bond acceptors (Lipinski definition) is 8. The molecule has 0 saturated heterocycles. The maximum atomic E-state index is 12.2. The highest BCUT2D eigenvalue weighted by Gasteiger charge is 2.27. The van der Waals surface area contributed by atoms with Gasteiger partial charge in [-0.1, -0.05) is 48.5 Å². The van der Waals surface area contributed by atoms with Crippen LogP contribution in [0.5, 0.6) is 46.0 Å². The Labute approximate surface area is 241 Å². The monoisotopic (exact) mass is 606 g/mol. The van der Waals surface area contributed by atoms with Crippen molar-refractivity contribution in [3.63, 3.8) is 0 Å². The molecule has 0 spiro atoms. The van der Waals surface area contributed by atoms with Crippen molar-refractivity contribution in [2.45, 2.75) is 9.79 Å². The molecule has 214 valence electrons. The normalized spacial score (nSPS) is 11.5. The molecule has 0 amide bonds. The van der Waals surface area contributed by atoms with Gasteiger partial charge in [-0.15, -0.1) is 0 Å². The first-order valence-electron chi connectivity index (χ1n) is 12.2. The molecule has 42 heavy (non-hydrogen) atoms. The smallest absolute Gasteiger partial charge is 0.298 e. The SMILES string of the molecule is O=S(=O)(O)c1cc(S(=O)(=O)O)c(Oc2cccc(Oc3ccccc3)c2)cc1Oc1cccc(Oc2ccccc2)c1. The number of benzene rings is 5. The largest absolute Gasteiger partial charge is 0.457 e. The zero-order valence-corrected chi connectivity index (χ0v) is 23.2. The topological polar surface area (TPSA) is 146 Å². The van der Waals surface area contributed by atoms with Crippen LogP contribution in [0, 0.1) is 0 Å². The van der Waals surface area contributed by atoms with E-state index < -0.39 is 41.5 Å². The lowest BCUT2D eigenvalue weighted by atomic mass is 10.3. The van der Waals surface area contributed by atoms with E-state index in [1.54, 1.807) is 72.8 Å². The molecule has 5 aromatic rings. The molecule has 0 heterocycles. The Hall–Kier alpha value is -4.88. The van der Waals surface area contributed by atoms with Gasteiger partial charge in [-0.25, -0.2) is 0 Å². The maximum absolute atomic E-state index is 12.2. The zero-order chi connectivity index (χ0) is 29.7. The van der Waals surface area contributed by atoms with Crippen LogP contribution in [-0.2, 0) is 20.2 Å². The van der Waals surface area contributed by atoms with Gasteiger partial charge in [-0.05, 0) is 54.6 Å². The highest BCUT2D eigenvalue weighted by Crippen LogP contribution is 2.40. The standard InChI is InChI=1S/C30H22O10S2/c31-41(32,33)29-20-30(42(34,35)36)28(40-26-16-8-14-24(18-26)38-22-11-5-2-6-12-22)19-27(29)39-25-15-7-13-23(17-25)37-21-9-3-1-4-10-21/h1-20H,(H,31,32,33)(H,34,35,36). The van der Waals surface area contributed by atoms with Crippen LogP contribution < -0.4 is 18.9 Å². The van der Waals surface area contributed by atoms with Crippen LogP contribution in [0.3, 0.4) is 0 Å². The average molecular weight is 607 g/mol. The van der Waals surface area contributed by atoms with E-state index in [-0.39, 0.29) is 11.5 Å². The van der Waals surface area contributed by atoms with Crippen LogP contribution >= 0.6 is 0 Å². The van der Waals surface area contributed by atoms with Gasteiger partial charge in [0, 0.05) is 18.2 Å². The summed E-state index contributed by atoms with van der Waals surface area (Å²) in [6, 6.07) is 31.6. The Bertz CT molecular complexity index is 1790. The molecular formula is C30H22O10S2. The van der Waals surface area contributed by atoms with Crippen molar-refractivity contribution in [2.24, 2.45) is 0 Å². The summed E-state index contributed by atoms with van der Waals surface area (Å²) < 4.78 is 91.8. The lowest BCUT2D eigenvalue weighted by Crippen LogP contribution is -2.07. The summed E-state index contributed by atoms with van der Waals surface area (Å²) in [7, 11) is -10.1. The summed E-state index contributed by atoms with van der Waals surface area (Å²) in [5, 5.41) is 0. The Morgan fingerprint density at radius 1 is 0.381 bits per heavy atom. The Kier molecular flexibility index (Phi) is 8.13. The van der Waals surface area contributed by atoms with Crippen LogP contribution in [0.15, 0.2) is 131 Å². The molecule has 0 aliphatic heterocycles. The Morgan fingerprint density at radius 2 is 0.714 bits per heavy atom. The fourth-order valence-corrected chi connectivity index (χ4v) is 5.11. The molecule has 0 atom stereocenters. The number of rotatable bonds is 10. The van der Waals surface area contributed by atoms with Gasteiger partial charge < -0.3 is 18.9 Å². The van der Waals surface area contributed by atoms with E-state index >= 15 is 0 Å². The maximum Gasteiger partial charge on any atom is 0.298 e. The van der Waals surface area contributed by atoms with Crippen LogP contribution in [0.2, 0.25) is 0 Å². The minimum Gasteiger partial charge on any atom is -0.457 e. The van der Waals surface area contributed by atoms with Gasteiger partial charge in [-0.2, -0.15) is 16.8 Å². The predicted octanol–water partition coefficient (Wildman–Crippen LogP) is 7.35. The summed E-state index contributed by atoms with van der Waals surface area (Å²) in [6.45, 7) is 0. The Balaban J connectivity index is 1.52. The molecule has 0 aliphatic rings. The fourth-order valence-electron chi connectivity index (χ4n) is 3.79. The van der Waals surface area contributed by atoms with E-state index in [0.29, 0.717) is 29.1 Å². The third-order valence-electron chi connectivity index (χ3n) is 5.59. The zero-order valence-electron chi connectivity index (χ0n) is 21.5. The van der Waals surface area contributed by atoms with Crippen molar-refractivity contribution < 1.29 is 44.9 Å². The van der Waals surface area contributed by atoms with Gasteiger partial charge >= 0.3 is 0 Å². The van der Waals surface area contributed by atoms with Crippen LogP contribution in [0.4, 0.5) is 0 Å². The highest BCUT2D eigenvalue weighted by molar-refractivity contribution is 7.86. The molecule has 5 rings (SSSR count). The summed E-state index contributed by atoms with van der Waals surface area (Å²) in [4.78, 5) is -1.84. The van der Waals surface area contributed by atoms with Gasteiger partial charge in [0.2, 0.25) is 0 Å². The van der Waals surface area contributed by atoms with Crippen molar-refractivity contribution in [1.82, 2.24) is 0 Å². The molecule has 0 bridgehead atoms. The van der Waals surface area contributed by atoms with Crippen molar-refractivity contribution in [2.75, 3.05) is 0 Å².